The highest BCUT2D eigenvalue weighted by Crippen LogP contribution is 2.31. The molecule has 2 aromatic heterocycles. The molecular weight excluding hydrogens is 400 g/mol. The molecule has 0 fully saturated rings. The number of fused-ring (bicyclic) bond motifs is 1. The van der Waals surface area contributed by atoms with Crippen molar-refractivity contribution in [2.24, 2.45) is 0 Å². The zero-order valence-electron chi connectivity index (χ0n) is 15.4. The fourth-order valence-corrected chi connectivity index (χ4v) is 3.79. The first kappa shape index (κ1) is 20.0. The van der Waals surface area contributed by atoms with E-state index in [1.165, 1.54) is 22.2 Å². The number of benzene rings is 1. The average molecular weight is 419 g/mol. The smallest absolute Gasteiger partial charge is 0.263 e. The van der Waals surface area contributed by atoms with Crippen molar-refractivity contribution in [3.63, 3.8) is 0 Å². The van der Waals surface area contributed by atoms with Gasteiger partial charge in [0, 0.05) is 22.5 Å². The van der Waals surface area contributed by atoms with Crippen LogP contribution in [0.3, 0.4) is 0 Å². The molecule has 0 aliphatic heterocycles. The van der Waals surface area contributed by atoms with Gasteiger partial charge in [-0.25, -0.2) is 4.98 Å². The summed E-state index contributed by atoms with van der Waals surface area (Å²) in [6.07, 6.45) is 1.35. The lowest BCUT2D eigenvalue weighted by atomic mass is 10.1. The van der Waals surface area contributed by atoms with Crippen molar-refractivity contribution in [2.45, 2.75) is 26.4 Å². The largest absolute Gasteiger partial charge is 0.355 e. The number of hydrogen-bond acceptors (Lipinski definition) is 5. The minimum atomic E-state index is -0.689. The molecule has 2 amide bonds. The fraction of sp³-hybridized carbons (Fsp3) is 0.263. The van der Waals surface area contributed by atoms with E-state index in [0.717, 1.165) is 11.1 Å². The maximum absolute atomic E-state index is 13.0. The van der Waals surface area contributed by atoms with Gasteiger partial charge in [-0.2, -0.15) is 0 Å². The molecule has 1 atom stereocenters. The second-order valence-corrected chi connectivity index (χ2v) is 7.49. The molecule has 1 aromatic carbocycles. The van der Waals surface area contributed by atoms with E-state index in [0.29, 0.717) is 21.8 Å². The van der Waals surface area contributed by atoms with Crippen molar-refractivity contribution in [3.05, 3.63) is 51.3 Å². The van der Waals surface area contributed by atoms with E-state index in [9.17, 15) is 14.4 Å². The number of hydrogen-bond donors (Lipinski definition) is 2. The molecule has 28 heavy (non-hydrogen) atoms. The second-order valence-electron chi connectivity index (χ2n) is 6.20. The Hall–Kier alpha value is -2.71. The van der Waals surface area contributed by atoms with E-state index >= 15 is 0 Å². The van der Waals surface area contributed by atoms with E-state index in [4.69, 9.17) is 11.6 Å². The standard InChI is InChI=1S/C19H19ClN4O3S/c1-3-21-17(26)11(2)23-15(25)8-24-10-22-18-16(19(24)27)14(9-28-18)12-4-6-13(20)7-5-12/h4-7,9-11H,3,8H2,1-2H3,(H,21,26)(H,23,25)/t11-/m1/s1. The summed E-state index contributed by atoms with van der Waals surface area (Å²) in [6.45, 7) is 3.64. The third-order valence-electron chi connectivity index (χ3n) is 4.15. The van der Waals surface area contributed by atoms with Gasteiger partial charge >= 0.3 is 0 Å². The molecule has 0 saturated heterocycles. The molecule has 0 aliphatic rings. The number of carbonyl (C=O) groups is 2. The Balaban J connectivity index is 1.87. The van der Waals surface area contributed by atoms with Crippen LogP contribution in [-0.4, -0.2) is 34.0 Å². The Labute approximate surface area is 170 Å². The summed E-state index contributed by atoms with van der Waals surface area (Å²) < 4.78 is 1.24. The molecular formula is C19H19ClN4O3S. The molecule has 7 nitrogen and oxygen atoms in total. The zero-order chi connectivity index (χ0) is 20.3. The number of carbonyl (C=O) groups excluding carboxylic acids is 2. The van der Waals surface area contributed by atoms with Crippen LogP contribution in [0.4, 0.5) is 0 Å². The van der Waals surface area contributed by atoms with Crippen LogP contribution >= 0.6 is 22.9 Å². The molecule has 0 unspecified atom stereocenters. The molecule has 2 N–H and O–H groups in total. The highest BCUT2D eigenvalue weighted by atomic mass is 35.5. The number of halogens is 1. The van der Waals surface area contributed by atoms with Crippen LogP contribution in [0.1, 0.15) is 13.8 Å². The average Bonchev–Trinajstić information content (AvgIpc) is 3.09. The van der Waals surface area contributed by atoms with Crippen LogP contribution < -0.4 is 16.2 Å². The van der Waals surface area contributed by atoms with Crippen LogP contribution in [0.25, 0.3) is 21.3 Å². The predicted molar refractivity (Wildman–Crippen MR) is 111 cm³/mol. The van der Waals surface area contributed by atoms with Crippen molar-refractivity contribution in [1.29, 1.82) is 0 Å². The van der Waals surface area contributed by atoms with E-state index in [1.807, 2.05) is 17.5 Å². The normalized spacial score (nSPS) is 12.0. The zero-order valence-corrected chi connectivity index (χ0v) is 16.9. The van der Waals surface area contributed by atoms with E-state index in [1.54, 1.807) is 26.0 Å². The topological polar surface area (TPSA) is 93.1 Å². The number of aromatic nitrogens is 2. The summed E-state index contributed by atoms with van der Waals surface area (Å²) in [4.78, 5) is 41.9. The van der Waals surface area contributed by atoms with E-state index in [-0.39, 0.29) is 18.0 Å². The summed E-state index contributed by atoms with van der Waals surface area (Å²) in [5, 5.41) is 8.15. The first-order chi connectivity index (χ1) is 13.4. The molecule has 0 saturated carbocycles. The summed E-state index contributed by atoms with van der Waals surface area (Å²) in [5.41, 5.74) is 1.29. The number of rotatable bonds is 6. The Bertz CT molecular complexity index is 1070. The molecule has 0 spiro atoms. The fourth-order valence-electron chi connectivity index (χ4n) is 2.76. The lowest BCUT2D eigenvalue weighted by Crippen LogP contribution is -2.46. The molecule has 9 heteroatoms. The molecule has 3 rings (SSSR count). The highest BCUT2D eigenvalue weighted by molar-refractivity contribution is 7.17. The number of thiophene rings is 1. The SMILES string of the molecule is CCNC(=O)[C@@H](C)NC(=O)Cn1cnc2scc(-c3ccc(Cl)cc3)c2c1=O. The van der Waals surface area contributed by atoms with Crippen molar-refractivity contribution in [3.8, 4) is 11.1 Å². The second kappa shape index (κ2) is 8.53. The Morgan fingerprint density at radius 3 is 2.68 bits per heavy atom. The van der Waals surface area contributed by atoms with Gasteiger partial charge in [0.1, 0.15) is 17.4 Å². The highest BCUT2D eigenvalue weighted by Gasteiger charge is 2.17. The summed E-state index contributed by atoms with van der Waals surface area (Å²) in [7, 11) is 0. The maximum Gasteiger partial charge on any atom is 0.263 e. The molecule has 2 heterocycles. The summed E-state index contributed by atoms with van der Waals surface area (Å²) in [6, 6.07) is 6.49. The van der Waals surface area contributed by atoms with Crippen LogP contribution in [0.5, 0.6) is 0 Å². The van der Waals surface area contributed by atoms with Gasteiger partial charge in [-0.05, 0) is 31.5 Å². The maximum atomic E-state index is 13.0. The lowest BCUT2D eigenvalue weighted by Gasteiger charge is -2.14. The van der Waals surface area contributed by atoms with Gasteiger partial charge < -0.3 is 10.6 Å². The minimum absolute atomic E-state index is 0.221. The molecule has 0 aliphatic carbocycles. The Morgan fingerprint density at radius 2 is 2.00 bits per heavy atom. The van der Waals surface area contributed by atoms with Gasteiger partial charge in [0.15, 0.2) is 0 Å². The van der Waals surface area contributed by atoms with Gasteiger partial charge in [-0.3, -0.25) is 19.0 Å². The number of amides is 2. The van der Waals surface area contributed by atoms with Gasteiger partial charge in [0.05, 0.1) is 11.7 Å². The van der Waals surface area contributed by atoms with Gasteiger partial charge in [0.2, 0.25) is 11.8 Å². The summed E-state index contributed by atoms with van der Waals surface area (Å²) >= 11 is 7.30. The number of likely N-dealkylation sites (N-methyl/N-ethyl adjacent to an activating group) is 1. The van der Waals surface area contributed by atoms with Gasteiger partial charge in [-0.15, -0.1) is 11.3 Å². The Kier molecular flexibility index (Phi) is 6.11. The molecule has 3 aromatic rings. The van der Waals surface area contributed by atoms with Crippen molar-refractivity contribution in [1.82, 2.24) is 20.2 Å². The van der Waals surface area contributed by atoms with Crippen LogP contribution in [0.2, 0.25) is 5.02 Å². The minimum Gasteiger partial charge on any atom is -0.355 e. The monoisotopic (exact) mass is 418 g/mol. The first-order valence-electron chi connectivity index (χ1n) is 8.70. The molecule has 0 bridgehead atoms. The van der Waals surface area contributed by atoms with Crippen LogP contribution in [-0.2, 0) is 16.1 Å². The quantitative estimate of drug-likeness (QED) is 0.642. The van der Waals surface area contributed by atoms with E-state index < -0.39 is 11.9 Å². The molecule has 0 radical (unpaired) electrons. The molecule has 146 valence electrons. The third kappa shape index (κ3) is 4.23. The first-order valence-corrected chi connectivity index (χ1v) is 9.96. The number of nitrogens with zero attached hydrogens (tertiary/aromatic N) is 2. The Morgan fingerprint density at radius 1 is 1.29 bits per heavy atom. The van der Waals surface area contributed by atoms with Crippen molar-refractivity contribution < 1.29 is 9.59 Å². The van der Waals surface area contributed by atoms with Crippen molar-refractivity contribution in [2.75, 3.05) is 6.54 Å². The predicted octanol–water partition coefficient (Wildman–Crippen LogP) is 2.42. The van der Waals surface area contributed by atoms with E-state index in [2.05, 4.69) is 15.6 Å². The van der Waals surface area contributed by atoms with Crippen molar-refractivity contribution >= 4 is 45.0 Å². The van der Waals surface area contributed by atoms with Gasteiger partial charge in [-0.1, -0.05) is 23.7 Å². The number of nitrogens with one attached hydrogen (secondary N) is 2. The summed E-state index contributed by atoms with van der Waals surface area (Å²) in [5.74, 6) is -0.718. The van der Waals surface area contributed by atoms with Crippen LogP contribution in [0.15, 0.2) is 40.8 Å². The lowest BCUT2D eigenvalue weighted by molar-refractivity contribution is -0.128. The van der Waals surface area contributed by atoms with Crippen LogP contribution in [0, 0.1) is 0 Å². The third-order valence-corrected chi connectivity index (χ3v) is 5.29. The van der Waals surface area contributed by atoms with Gasteiger partial charge in [0.25, 0.3) is 5.56 Å².